The van der Waals surface area contributed by atoms with Gasteiger partial charge in [0, 0.05) is 5.54 Å². The standard InChI is InChI=1S/C11H16FNO/c1-7-4-9(12)5-8(10(7)14)6-11(2,3)13/h4-5,14H,6,13H2,1-3H3. The van der Waals surface area contributed by atoms with E-state index >= 15 is 0 Å². The van der Waals surface area contributed by atoms with Crippen molar-refractivity contribution in [3.63, 3.8) is 0 Å². The van der Waals surface area contributed by atoms with Gasteiger partial charge in [-0.25, -0.2) is 4.39 Å². The van der Waals surface area contributed by atoms with Gasteiger partial charge in [-0.1, -0.05) is 0 Å². The molecule has 3 heteroatoms. The molecule has 0 aliphatic carbocycles. The highest BCUT2D eigenvalue weighted by atomic mass is 19.1. The van der Waals surface area contributed by atoms with Gasteiger partial charge in [-0.2, -0.15) is 0 Å². The molecule has 0 amide bonds. The lowest BCUT2D eigenvalue weighted by Gasteiger charge is -2.19. The van der Waals surface area contributed by atoms with Crippen LogP contribution in [-0.4, -0.2) is 10.6 Å². The van der Waals surface area contributed by atoms with Gasteiger partial charge in [-0.3, -0.25) is 0 Å². The number of phenols is 1. The minimum absolute atomic E-state index is 0.143. The molecule has 1 rings (SSSR count). The van der Waals surface area contributed by atoms with Crippen molar-refractivity contribution >= 4 is 0 Å². The molecular weight excluding hydrogens is 181 g/mol. The molecule has 0 heterocycles. The normalized spacial score (nSPS) is 11.8. The summed E-state index contributed by atoms with van der Waals surface area (Å²) in [5.41, 5.74) is 6.47. The van der Waals surface area contributed by atoms with Gasteiger partial charge in [0.1, 0.15) is 11.6 Å². The van der Waals surface area contributed by atoms with E-state index in [1.54, 1.807) is 6.92 Å². The minimum atomic E-state index is -0.447. The summed E-state index contributed by atoms with van der Waals surface area (Å²) in [5, 5.41) is 9.66. The molecule has 0 fully saturated rings. The third-order valence-corrected chi connectivity index (χ3v) is 1.99. The predicted octanol–water partition coefficient (Wildman–Crippen LogP) is 2.12. The van der Waals surface area contributed by atoms with Crippen LogP contribution in [0.3, 0.4) is 0 Å². The summed E-state index contributed by atoms with van der Waals surface area (Å²) in [6, 6.07) is 2.64. The Bertz CT molecular complexity index is 342. The van der Waals surface area contributed by atoms with E-state index < -0.39 is 5.54 Å². The Morgan fingerprint density at radius 1 is 1.43 bits per heavy atom. The van der Waals surface area contributed by atoms with Gasteiger partial charge in [-0.05, 0) is 50.5 Å². The SMILES string of the molecule is Cc1cc(F)cc(CC(C)(C)N)c1O. The first kappa shape index (κ1) is 11.0. The van der Waals surface area contributed by atoms with Gasteiger partial charge in [0.15, 0.2) is 0 Å². The number of nitrogens with two attached hydrogens (primary N) is 1. The number of benzene rings is 1. The van der Waals surface area contributed by atoms with Gasteiger partial charge in [-0.15, -0.1) is 0 Å². The average Bonchev–Trinajstić information content (AvgIpc) is 1.96. The van der Waals surface area contributed by atoms with Crippen LogP contribution in [-0.2, 0) is 6.42 Å². The van der Waals surface area contributed by atoms with Crippen LogP contribution in [0.25, 0.3) is 0 Å². The first-order valence-corrected chi connectivity index (χ1v) is 4.56. The van der Waals surface area contributed by atoms with Crippen molar-refractivity contribution in [2.45, 2.75) is 32.7 Å². The summed E-state index contributed by atoms with van der Waals surface area (Å²) in [4.78, 5) is 0. The molecule has 0 atom stereocenters. The van der Waals surface area contributed by atoms with E-state index in [2.05, 4.69) is 0 Å². The summed E-state index contributed by atoms with van der Waals surface area (Å²) in [7, 11) is 0. The fourth-order valence-electron chi connectivity index (χ4n) is 1.43. The first-order valence-electron chi connectivity index (χ1n) is 4.56. The van der Waals surface area contributed by atoms with Crippen molar-refractivity contribution in [1.82, 2.24) is 0 Å². The maximum atomic E-state index is 13.0. The van der Waals surface area contributed by atoms with Crippen LogP contribution >= 0.6 is 0 Å². The highest BCUT2D eigenvalue weighted by molar-refractivity contribution is 5.40. The lowest BCUT2D eigenvalue weighted by molar-refractivity contribution is 0.443. The van der Waals surface area contributed by atoms with Crippen LogP contribution in [0, 0.1) is 12.7 Å². The Labute approximate surface area is 83.6 Å². The Morgan fingerprint density at radius 3 is 2.50 bits per heavy atom. The molecule has 0 aliphatic rings. The van der Waals surface area contributed by atoms with Crippen LogP contribution in [0.1, 0.15) is 25.0 Å². The van der Waals surface area contributed by atoms with Crippen molar-refractivity contribution in [2.75, 3.05) is 0 Å². The molecule has 3 N–H and O–H groups in total. The zero-order valence-electron chi connectivity index (χ0n) is 8.76. The van der Waals surface area contributed by atoms with E-state index in [1.165, 1.54) is 12.1 Å². The molecule has 14 heavy (non-hydrogen) atoms. The number of halogens is 1. The first-order chi connectivity index (χ1) is 6.29. The third-order valence-electron chi connectivity index (χ3n) is 1.99. The van der Waals surface area contributed by atoms with Crippen LogP contribution in [0.15, 0.2) is 12.1 Å². The number of hydrogen-bond acceptors (Lipinski definition) is 2. The molecule has 0 unspecified atom stereocenters. The topological polar surface area (TPSA) is 46.2 Å². The molecule has 0 aliphatic heterocycles. The lowest BCUT2D eigenvalue weighted by Crippen LogP contribution is -2.34. The number of hydrogen-bond donors (Lipinski definition) is 2. The second-order valence-electron chi connectivity index (χ2n) is 4.40. The molecule has 0 aromatic heterocycles. The molecule has 78 valence electrons. The van der Waals surface area contributed by atoms with E-state index in [0.717, 1.165) is 0 Å². The van der Waals surface area contributed by atoms with E-state index in [1.807, 2.05) is 13.8 Å². The summed E-state index contributed by atoms with van der Waals surface area (Å²) < 4.78 is 13.0. The molecule has 1 aromatic rings. The van der Waals surface area contributed by atoms with Crippen LogP contribution in [0.2, 0.25) is 0 Å². The summed E-state index contributed by atoms with van der Waals surface area (Å²) >= 11 is 0. The Hall–Kier alpha value is -1.09. The second kappa shape index (κ2) is 3.58. The molecule has 1 aromatic carbocycles. The van der Waals surface area contributed by atoms with Gasteiger partial charge in [0.25, 0.3) is 0 Å². The fourth-order valence-corrected chi connectivity index (χ4v) is 1.43. The third kappa shape index (κ3) is 2.70. The second-order valence-corrected chi connectivity index (χ2v) is 4.40. The van der Waals surface area contributed by atoms with Crippen molar-refractivity contribution < 1.29 is 9.50 Å². The number of aryl methyl sites for hydroxylation is 1. The summed E-state index contributed by atoms with van der Waals surface area (Å²) in [6.45, 7) is 5.35. The summed E-state index contributed by atoms with van der Waals surface area (Å²) in [6.07, 6.45) is 0.456. The number of rotatable bonds is 2. The monoisotopic (exact) mass is 197 g/mol. The molecule has 0 spiro atoms. The van der Waals surface area contributed by atoms with E-state index in [4.69, 9.17) is 5.73 Å². The minimum Gasteiger partial charge on any atom is -0.507 e. The Morgan fingerprint density at radius 2 is 2.00 bits per heavy atom. The molecule has 0 bridgehead atoms. The molecule has 0 saturated carbocycles. The van der Waals surface area contributed by atoms with Gasteiger partial charge < -0.3 is 10.8 Å². The smallest absolute Gasteiger partial charge is 0.124 e. The van der Waals surface area contributed by atoms with Crippen molar-refractivity contribution in [3.8, 4) is 5.75 Å². The maximum Gasteiger partial charge on any atom is 0.124 e. The molecular formula is C11H16FNO. The predicted molar refractivity (Wildman–Crippen MR) is 54.8 cm³/mol. The molecule has 0 saturated heterocycles. The number of aromatic hydroxyl groups is 1. The summed E-state index contributed by atoms with van der Waals surface area (Å²) in [5.74, 6) is -0.190. The van der Waals surface area contributed by atoms with Crippen molar-refractivity contribution in [1.29, 1.82) is 0 Å². The Balaban J connectivity index is 3.09. The van der Waals surface area contributed by atoms with Gasteiger partial charge in [0.05, 0.1) is 0 Å². The van der Waals surface area contributed by atoms with Gasteiger partial charge in [0.2, 0.25) is 0 Å². The van der Waals surface area contributed by atoms with Crippen LogP contribution < -0.4 is 5.73 Å². The zero-order valence-corrected chi connectivity index (χ0v) is 8.76. The van der Waals surface area contributed by atoms with Gasteiger partial charge >= 0.3 is 0 Å². The largest absolute Gasteiger partial charge is 0.507 e. The highest BCUT2D eigenvalue weighted by Crippen LogP contribution is 2.26. The number of phenolic OH excluding ortho intramolecular Hbond substituents is 1. The maximum absolute atomic E-state index is 13.0. The highest BCUT2D eigenvalue weighted by Gasteiger charge is 2.16. The molecule has 2 nitrogen and oxygen atoms in total. The Kier molecular flexibility index (Phi) is 2.81. The van der Waals surface area contributed by atoms with Crippen LogP contribution in [0.4, 0.5) is 4.39 Å². The van der Waals surface area contributed by atoms with Crippen molar-refractivity contribution in [2.24, 2.45) is 5.73 Å². The fraction of sp³-hybridized carbons (Fsp3) is 0.455. The zero-order chi connectivity index (χ0) is 10.9. The van der Waals surface area contributed by atoms with E-state index in [-0.39, 0.29) is 11.6 Å². The molecule has 0 radical (unpaired) electrons. The van der Waals surface area contributed by atoms with Crippen LogP contribution in [0.5, 0.6) is 5.75 Å². The lowest BCUT2D eigenvalue weighted by atomic mass is 9.94. The quantitative estimate of drug-likeness (QED) is 0.762. The van der Waals surface area contributed by atoms with Crippen molar-refractivity contribution in [3.05, 3.63) is 29.1 Å². The van der Waals surface area contributed by atoms with E-state index in [9.17, 15) is 9.50 Å². The van der Waals surface area contributed by atoms with E-state index in [0.29, 0.717) is 17.5 Å². The average molecular weight is 197 g/mol.